The zero-order chi connectivity index (χ0) is 16.7. The summed E-state index contributed by atoms with van der Waals surface area (Å²) in [5.41, 5.74) is 0.772. The Morgan fingerprint density at radius 1 is 1.24 bits per heavy atom. The Bertz CT molecular complexity index is 788. The van der Waals surface area contributed by atoms with Gasteiger partial charge in [0.05, 0.1) is 17.8 Å². The lowest BCUT2D eigenvalue weighted by atomic mass is 9.89. The van der Waals surface area contributed by atoms with Crippen LogP contribution in [0.15, 0.2) is 42.7 Å². The predicted molar refractivity (Wildman–Crippen MR) is 91.5 cm³/mol. The Balaban J connectivity index is 0.00000182. The molecule has 4 nitrogen and oxygen atoms in total. The highest BCUT2D eigenvalue weighted by Gasteiger charge is 2.47. The van der Waals surface area contributed by atoms with Gasteiger partial charge in [-0.25, -0.2) is 8.78 Å². The van der Waals surface area contributed by atoms with Gasteiger partial charge < -0.3 is 10.2 Å². The number of pyridine rings is 1. The average Bonchev–Trinajstić information content (AvgIpc) is 3.15. The van der Waals surface area contributed by atoms with Crippen molar-refractivity contribution in [2.75, 3.05) is 19.6 Å². The fourth-order valence-corrected chi connectivity index (χ4v) is 3.95. The zero-order valence-electron chi connectivity index (χ0n) is 13.4. The van der Waals surface area contributed by atoms with Gasteiger partial charge in [0.2, 0.25) is 0 Å². The van der Waals surface area contributed by atoms with E-state index in [0.29, 0.717) is 12.5 Å². The third kappa shape index (κ3) is 3.12. The molecule has 0 aliphatic carbocycles. The molecule has 1 N–H and O–H groups in total. The molecule has 25 heavy (non-hydrogen) atoms. The van der Waals surface area contributed by atoms with Crippen molar-refractivity contribution in [2.45, 2.75) is 6.04 Å². The second-order valence-electron chi connectivity index (χ2n) is 6.40. The monoisotopic (exact) mass is 365 g/mol. The molecule has 0 radical (unpaired) electrons. The third-order valence-electron chi connectivity index (χ3n) is 5.02. The van der Waals surface area contributed by atoms with Crippen molar-refractivity contribution in [1.82, 2.24) is 15.2 Å². The van der Waals surface area contributed by atoms with E-state index in [9.17, 15) is 13.6 Å². The summed E-state index contributed by atoms with van der Waals surface area (Å²) in [7, 11) is 0. The van der Waals surface area contributed by atoms with E-state index < -0.39 is 5.82 Å². The second-order valence-corrected chi connectivity index (χ2v) is 6.40. The molecule has 0 spiro atoms. The number of hydrogen-bond acceptors (Lipinski definition) is 3. The minimum atomic E-state index is -0.629. The Morgan fingerprint density at radius 3 is 2.84 bits per heavy atom. The number of carbonyl (C=O) groups excluding carboxylic acids is 1. The number of rotatable bonds is 2. The smallest absolute Gasteiger partial charge is 0.257 e. The molecule has 2 fully saturated rings. The first-order valence-corrected chi connectivity index (χ1v) is 8.02. The SMILES string of the molecule is Cl.O=C(c1ccncc1F)N1C[C@@H]2CNC[C@@H]2[C@H]1c1cccc(F)c1. The van der Waals surface area contributed by atoms with E-state index in [2.05, 4.69) is 10.3 Å². The maximum absolute atomic E-state index is 14.0. The number of nitrogens with zero attached hydrogens (tertiary/aromatic N) is 2. The van der Waals surface area contributed by atoms with Crippen molar-refractivity contribution in [1.29, 1.82) is 0 Å². The second kappa shape index (κ2) is 7.06. The van der Waals surface area contributed by atoms with Crippen LogP contribution in [-0.2, 0) is 0 Å². The Kier molecular flexibility index (Phi) is 5.01. The van der Waals surface area contributed by atoms with E-state index >= 15 is 0 Å². The van der Waals surface area contributed by atoms with Crippen LogP contribution in [0.25, 0.3) is 0 Å². The number of fused-ring (bicyclic) bond motifs is 1. The van der Waals surface area contributed by atoms with Crippen molar-refractivity contribution in [2.24, 2.45) is 11.8 Å². The molecule has 2 aliphatic rings. The summed E-state index contributed by atoms with van der Waals surface area (Å²) in [6.45, 7) is 2.13. The van der Waals surface area contributed by atoms with Crippen molar-refractivity contribution < 1.29 is 13.6 Å². The fourth-order valence-electron chi connectivity index (χ4n) is 3.95. The average molecular weight is 366 g/mol. The first-order chi connectivity index (χ1) is 11.6. The molecular formula is C18H18ClF2N3O. The minimum absolute atomic E-state index is 0. The zero-order valence-corrected chi connectivity index (χ0v) is 14.2. The lowest BCUT2D eigenvalue weighted by molar-refractivity contribution is 0.0708. The summed E-state index contributed by atoms with van der Waals surface area (Å²) in [5, 5.41) is 3.33. The minimum Gasteiger partial charge on any atom is -0.331 e. The first-order valence-electron chi connectivity index (χ1n) is 8.02. The third-order valence-corrected chi connectivity index (χ3v) is 5.02. The summed E-state index contributed by atoms with van der Waals surface area (Å²) in [5.74, 6) is -0.814. The van der Waals surface area contributed by atoms with Gasteiger partial charge >= 0.3 is 0 Å². The summed E-state index contributed by atoms with van der Waals surface area (Å²) in [6.07, 6.45) is 2.45. The van der Waals surface area contributed by atoms with E-state index in [0.717, 1.165) is 24.8 Å². The van der Waals surface area contributed by atoms with Crippen molar-refractivity contribution in [3.63, 3.8) is 0 Å². The van der Waals surface area contributed by atoms with Gasteiger partial charge in [-0.3, -0.25) is 9.78 Å². The molecule has 2 saturated heterocycles. The van der Waals surface area contributed by atoms with Gasteiger partial charge in [0.15, 0.2) is 5.82 Å². The molecule has 1 amide bonds. The Hall–Kier alpha value is -2.05. The van der Waals surface area contributed by atoms with E-state index in [4.69, 9.17) is 0 Å². The quantitative estimate of drug-likeness (QED) is 0.890. The summed E-state index contributed by atoms with van der Waals surface area (Å²) >= 11 is 0. The first kappa shape index (κ1) is 17.8. The van der Waals surface area contributed by atoms with E-state index in [-0.39, 0.29) is 41.7 Å². The highest BCUT2D eigenvalue weighted by molar-refractivity contribution is 5.95. The van der Waals surface area contributed by atoms with Crippen molar-refractivity contribution in [3.8, 4) is 0 Å². The van der Waals surface area contributed by atoms with Crippen LogP contribution < -0.4 is 5.32 Å². The number of likely N-dealkylation sites (tertiary alicyclic amines) is 1. The van der Waals surface area contributed by atoms with Gasteiger partial charge in [-0.05, 0) is 29.7 Å². The molecule has 1 aromatic carbocycles. The van der Waals surface area contributed by atoms with Crippen LogP contribution in [-0.4, -0.2) is 35.4 Å². The number of nitrogens with one attached hydrogen (secondary N) is 1. The van der Waals surface area contributed by atoms with Crippen LogP contribution in [0.5, 0.6) is 0 Å². The molecule has 2 aliphatic heterocycles. The molecule has 4 rings (SSSR count). The lowest BCUT2D eigenvalue weighted by Gasteiger charge is -2.28. The number of halogens is 3. The largest absolute Gasteiger partial charge is 0.331 e. The number of hydrogen-bond donors (Lipinski definition) is 1. The molecule has 1 aromatic heterocycles. The molecule has 3 heterocycles. The molecule has 132 valence electrons. The molecule has 0 saturated carbocycles. The van der Waals surface area contributed by atoms with Crippen molar-refractivity contribution >= 4 is 18.3 Å². The van der Waals surface area contributed by atoms with Crippen molar-refractivity contribution in [3.05, 3.63) is 65.5 Å². The Labute approximate surface area is 150 Å². The van der Waals surface area contributed by atoms with Crippen LogP contribution in [0.2, 0.25) is 0 Å². The standard InChI is InChI=1S/C18H17F2N3O.ClH/c19-13-3-1-2-11(6-13)17-15-8-22-7-12(15)10-23(17)18(24)14-4-5-21-9-16(14)20;/h1-6,9,12,15,17,22H,7-8,10H2;1H/t12-,15-,17+;/m0./s1. The van der Waals surface area contributed by atoms with Crippen LogP contribution in [0.3, 0.4) is 0 Å². The molecule has 0 bridgehead atoms. The molecule has 3 atom stereocenters. The van der Waals surface area contributed by atoms with Crippen LogP contribution in [0.4, 0.5) is 8.78 Å². The van der Waals surface area contributed by atoms with Gasteiger partial charge in [-0.15, -0.1) is 12.4 Å². The molecular weight excluding hydrogens is 348 g/mol. The summed E-state index contributed by atoms with van der Waals surface area (Å²) < 4.78 is 27.7. The highest BCUT2D eigenvalue weighted by Crippen LogP contribution is 2.43. The molecule has 2 aromatic rings. The highest BCUT2D eigenvalue weighted by atomic mass is 35.5. The molecule has 0 unspecified atom stereocenters. The number of carbonyl (C=O) groups is 1. The molecule has 7 heteroatoms. The summed E-state index contributed by atoms with van der Waals surface area (Å²) in [6, 6.07) is 7.48. The van der Waals surface area contributed by atoms with Crippen LogP contribution in [0, 0.1) is 23.5 Å². The normalized spacial score (nSPS) is 24.7. The van der Waals surface area contributed by atoms with Gasteiger partial charge in [-0.2, -0.15) is 0 Å². The van der Waals surface area contributed by atoms with E-state index in [1.165, 1.54) is 24.4 Å². The van der Waals surface area contributed by atoms with Crippen LogP contribution in [0.1, 0.15) is 22.0 Å². The van der Waals surface area contributed by atoms with Gasteiger partial charge in [0, 0.05) is 31.7 Å². The van der Waals surface area contributed by atoms with E-state index in [1.807, 2.05) is 6.07 Å². The van der Waals surface area contributed by atoms with Gasteiger partial charge in [-0.1, -0.05) is 12.1 Å². The Morgan fingerprint density at radius 2 is 2.08 bits per heavy atom. The van der Waals surface area contributed by atoms with Crippen LogP contribution >= 0.6 is 12.4 Å². The maximum atomic E-state index is 14.0. The van der Waals surface area contributed by atoms with E-state index in [1.54, 1.807) is 11.0 Å². The number of benzene rings is 1. The van der Waals surface area contributed by atoms with Gasteiger partial charge in [0.1, 0.15) is 5.82 Å². The predicted octanol–water partition coefficient (Wildman–Crippen LogP) is 2.81. The number of aromatic nitrogens is 1. The lowest BCUT2D eigenvalue weighted by Crippen LogP contribution is -2.35. The number of amides is 1. The fraction of sp³-hybridized carbons (Fsp3) is 0.333. The van der Waals surface area contributed by atoms with Gasteiger partial charge in [0.25, 0.3) is 5.91 Å². The summed E-state index contributed by atoms with van der Waals surface area (Å²) in [4.78, 5) is 18.3. The maximum Gasteiger partial charge on any atom is 0.257 e. The topological polar surface area (TPSA) is 45.2 Å².